The van der Waals surface area contributed by atoms with Crippen molar-refractivity contribution in [3.63, 3.8) is 0 Å². The minimum atomic E-state index is -2.15. The fourth-order valence-electron chi connectivity index (χ4n) is 3.28. The van der Waals surface area contributed by atoms with Crippen LogP contribution in [0.15, 0.2) is 72.4 Å². The lowest BCUT2D eigenvalue weighted by molar-refractivity contribution is -0.116. The Labute approximate surface area is 141 Å². The second-order valence-electron chi connectivity index (χ2n) is 7.10. The molecule has 0 aliphatic carbocycles. The second kappa shape index (κ2) is 7.09. The second-order valence-corrected chi connectivity index (χ2v) is 11.7. The summed E-state index contributed by atoms with van der Waals surface area (Å²) in [5.74, 6) is 0.208. The largest absolute Gasteiger partial charge is 0.300 e. The smallest absolute Gasteiger partial charge is 0.146 e. The SMILES string of the molecule is CC(=O)C/C=C/[Si](c1ccccc1)(c1ccccc1)C(C)(C)C. The monoisotopic (exact) mass is 322 g/mol. The van der Waals surface area contributed by atoms with Gasteiger partial charge < -0.3 is 0 Å². The predicted octanol–water partition coefficient (Wildman–Crippen LogP) is 4.12. The third-order valence-electron chi connectivity index (χ3n) is 4.41. The fourth-order valence-corrected chi connectivity index (χ4v) is 8.14. The first kappa shape index (κ1) is 17.4. The van der Waals surface area contributed by atoms with Crippen molar-refractivity contribution in [3.8, 4) is 0 Å². The molecule has 2 heteroatoms. The molecule has 0 aliphatic rings. The normalized spacial score (nSPS) is 12.5. The average molecular weight is 323 g/mol. The molecule has 120 valence electrons. The maximum absolute atomic E-state index is 11.4. The van der Waals surface area contributed by atoms with E-state index >= 15 is 0 Å². The van der Waals surface area contributed by atoms with Gasteiger partial charge in [0.2, 0.25) is 0 Å². The molecular formula is C21H26OSi. The van der Waals surface area contributed by atoms with Crippen molar-refractivity contribution in [3.05, 3.63) is 72.4 Å². The van der Waals surface area contributed by atoms with Crippen LogP contribution in [-0.4, -0.2) is 13.9 Å². The molecule has 0 bridgehead atoms. The van der Waals surface area contributed by atoms with E-state index in [1.54, 1.807) is 6.92 Å². The summed E-state index contributed by atoms with van der Waals surface area (Å²) in [6, 6.07) is 21.5. The number of Topliss-reactive ketones (excluding diaryl/α,β-unsaturated/α-hetero) is 1. The molecule has 0 fully saturated rings. The van der Waals surface area contributed by atoms with E-state index in [1.165, 1.54) is 10.4 Å². The highest BCUT2D eigenvalue weighted by atomic mass is 28.3. The van der Waals surface area contributed by atoms with E-state index in [0.29, 0.717) is 6.42 Å². The number of ketones is 1. The van der Waals surface area contributed by atoms with Crippen LogP contribution in [0.25, 0.3) is 0 Å². The molecule has 0 radical (unpaired) electrons. The number of rotatable bonds is 5. The summed E-state index contributed by atoms with van der Waals surface area (Å²) in [7, 11) is -2.15. The minimum Gasteiger partial charge on any atom is -0.300 e. The molecule has 0 heterocycles. The highest BCUT2D eigenvalue weighted by Gasteiger charge is 2.45. The van der Waals surface area contributed by atoms with Crippen LogP contribution >= 0.6 is 0 Å². The van der Waals surface area contributed by atoms with E-state index in [0.717, 1.165) is 0 Å². The molecule has 1 nitrogen and oxygen atoms in total. The van der Waals surface area contributed by atoms with Crippen LogP contribution in [0.1, 0.15) is 34.1 Å². The van der Waals surface area contributed by atoms with Crippen molar-refractivity contribution < 1.29 is 4.79 Å². The van der Waals surface area contributed by atoms with Gasteiger partial charge in [0.05, 0.1) is 0 Å². The van der Waals surface area contributed by atoms with Gasteiger partial charge in [-0.1, -0.05) is 93.2 Å². The van der Waals surface area contributed by atoms with Gasteiger partial charge in [-0.25, -0.2) is 0 Å². The molecule has 0 amide bonds. The van der Waals surface area contributed by atoms with Gasteiger partial charge in [-0.2, -0.15) is 0 Å². The van der Waals surface area contributed by atoms with Crippen molar-refractivity contribution in [2.45, 2.75) is 39.2 Å². The number of benzene rings is 2. The number of hydrogen-bond donors (Lipinski definition) is 0. The summed E-state index contributed by atoms with van der Waals surface area (Å²) in [5, 5.41) is 2.88. The molecule has 0 aromatic heterocycles. The van der Waals surface area contributed by atoms with Crippen LogP contribution in [0.3, 0.4) is 0 Å². The molecule has 0 unspecified atom stereocenters. The van der Waals surface area contributed by atoms with Crippen molar-refractivity contribution >= 4 is 24.2 Å². The first-order valence-electron chi connectivity index (χ1n) is 8.16. The molecule has 0 N–H and O–H groups in total. The van der Waals surface area contributed by atoms with E-state index in [9.17, 15) is 4.79 Å². The van der Waals surface area contributed by atoms with E-state index in [4.69, 9.17) is 0 Å². The van der Waals surface area contributed by atoms with Crippen LogP contribution in [0.4, 0.5) is 0 Å². The molecule has 0 aliphatic heterocycles. The van der Waals surface area contributed by atoms with Crippen molar-refractivity contribution in [2.24, 2.45) is 0 Å². The van der Waals surface area contributed by atoms with E-state index in [2.05, 4.69) is 93.2 Å². The van der Waals surface area contributed by atoms with E-state index < -0.39 is 8.07 Å². The average Bonchev–Trinajstić information content (AvgIpc) is 2.52. The third-order valence-corrected chi connectivity index (χ3v) is 10.0. The Balaban J connectivity index is 2.69. The summed E-state index contributed by atoms with van der Waals surface area (Å²) in [5.41, 5.74) is 2.36. The molecule has 0 atom stereocenters. The van der Waals surface area contributed by atoms with Gasteiger partial charge in [0, 0.05) is 6.42 Å². The quantitative estimate of drug-likeness (QED) is 0.757. The van der Waals surface area contributed by atoms with Gasteiger partial charge in [0.15, 0.2) is 0 Å². The Kier molecular flexibility index (Phi) is 5.37. The van der Waals surface area contributed by atoms with Gasteiger partial charge in [0.25, 0.3) is 0 Å². The van der Waals surface area contributed by atoms with Crippen molar-refractivity contribution in [1.82, 2.24) is 0 Å². The van der Waals surface area contributed by atoms with Gasteiger partial charge in [0.1, 0.15) is 13.9 Å². The zero-order valence-electron chi connectivity index (χ0n) is 14.5. The van der Waals surface area contributed by atoms with E-state index in [-0.39, 0.29) is 10.8 Å². The summed E-state index contributed by atoms with van der Waals surface area (Å²) in [4.78, 5) is 11.4. The summed E-state index contributed by atoms with van der Waals surface area (Å²) in [6.07, 6.45) is 2.59. The summed E-state index contributed by atoms with van der Waals surface area (Å²) < 4.78 is 0. The fraction of sp³-hybridized carbons (Fsp3) is 0.286. The zero-order chi connectivity index (χ0) is 16.9. The van der Waals surface area contributed by atoms with Gasteiger partial charge in [-0.05, 0) is 22.3 Å². The van der Waals surface area contributed by atoms with Gasteiger partial charge >= 0.3 is 0 Å². The predicted molar refractivity (Wildman–Crippen MR) is 102 cm³/mol. The lowest BCUT2D eigenvalue weighted by Crippen LogP contribution is -2.63. The molecule has 0 saturated carbocycles. The van der Waals surface area contributed by atoms with Crippen LogP contribution in [0.2, 0.25) is 5.04 Å². The van der Waals surface area contributed by atoms with Crippen LogP contribution in [0.5, 0.6) is 0 Å². The highest BCUT2D eigenvalue weighted by Crippen LogP contribution is 2.36. The van der Waals surface area contributed by atoms with E-state index in [1.807, 2.05) is 0 Å². The first-order valence-corrected chi connectivity index (χ1v) is 10.2. The molecule has 23 heavy (non-hydrogen) atoms. The standard InChI is InChI=1S/C21H26OSi/c1-18(22)12-11-17-23(21(2,3)4,19-13-7-5-8-14-19)20-15-9-6-10-16-20/h5-11,13-17H,12H2,1-4H3/b17-11+. The van der Waals surface area contributed by atoms with Gasteiger partial charge in [-0.15, -0.1) is 0 Å². The number of carbonyl (C=O) groups excluding carboxylic acids is 1. The molecule has 0 saturated heterocycles. The minimum absolute atomic E-state index is 0.100. The number of hydrogen-bond acceptors (Lipinski definition) is 1. The highest BCUT2D eigenvalue weighted by molar-refractivity contribution is 7.07. The van der Waals surface area contributed by atoms with Crippen molar-refractivity contribution in [2.75, 3.05) is 0 Å². The Morgan fingerprint density at radius 3 is 1.70 bits per heavy atom. The number of allylic oxidation sites excluding steroid dienone is 1. The third kappa shape index (κ3) is 3.70. The molecule has 0 spiro atoms. The zero-order valence-corrected chi connectivity index (χ0v) is 15.5. The summed E-state index contributed by atoms with van der Waals surface area (Å²) >= 11 is 0. The van der Waals surface area contributed by atoms with Crippen LogP contribution in [0, 0.1) is 0 Å². The van der Waals surface area contributed by atoms with Crippen LogP contribution in [-0.2, 0) is 4.79 Å². The van der Waals surface area contributed by atoms with Crippen molar-refractivity contribution in [1.29, 1.82) is 0 Å². The Hall–Kier alpha value is -1.93. The molecular weight excluding hydrogens is 296 g/mol. The van der Waals surface area contributed by atoms with Crippen LogP contribution < -0.4 is 10.4 Å². The Morgan fingerprint density at radius 1 is 0.913 bits per heavy atom. The maximum Gasteiger partial charge on any atom is 0.146 e. The first-order chi connectivity index (χ1) is 10.9. The molecule has 2 aromatic carbocycles. The number of carbonyl (C=O) groups is 1. The lowest BCUT2D eigenvalue weighted by atomic mass is 10.2. The lowest BCUT2D eigenvalue weighted by Gasteiger charge is -2.42. The molecule has 2 rings (SSSR count). The maximum atomic E-state index is 11.4. The Bertz CT molecular complexity index is 626. The molecule has 2 aromatic rings. The van der Waals surface area contributed by atoms with Gasteiger partial charge in [-0.3, -0.25) is 4.79 Å². The summed E-state index contributed by atoms with van der Waals surface area (Å²) in [6.45, 7) is 8.60. The topological polar surface area (TPSA) is 17.1 Å². The Morgan fingerprint density at radius 2 is 1.35 bits per heavy atom.